The van der Waals surface area contributed by atoms with E-state index in [4.69, 9.17) is 29.0 Å². The van der Waals surface area contributed by atoms with E-state index in [9.17, 15) is 4.79 Å². The lowest BCUT2D eigenvalue weighted by molar-refractivity contribution is -0.129. The van der Waals surface area contributed by atoms with Gasteiger partial charge in [-0.25, -0.2) is 4.99 Å². The molecular weight excluding hydrogens is 704 g/mol. The average Bonchev–Trinajstić information content (AvgIpc) is 3.45. The van der Waals surface area contributed by atoms with Crippen molar-refractivity contribution in [3.63, 3.8) is 0 Å². The number of carbonyl (C=O) groups excluding carboxylic acids is 1. The molecular formula is C35H34Br2N2O6. The lowest BCUT2D eigenvalue weighted by Crippen LogP contribution is -2.49. The Kier molecular flexibility index (Phi) is 10.8. The third-order valence-electron chi connectivity index (χ3n) is 7.51. The van der Waals surface area contributed by atoms with E-state index in [0.717, 1.165) is 25.6 Å². The van der Waals surface area contributed by atoms with Crippen LogP contribution in [0.2, 0.25) is 0 Å². The van der Waals surface area contributed by atoms with E-state index < -0.39 is 11.6 Å². The minimum atomic E-state index is -1.35. The maximum atomic E-state index is 14.5. The first-order valence-corrected chi connectivity index (χ1v) is 16.0. The summed E-state index contributed by atoms with van der Waals surface area (Å²) in [6.45, 7) is 0.719. The van der Waals surface area contributed by atoms with Crippen molar-refractivity contribution in [2.75, 3.05) is 27.4 Å². The van der Waals surface area contributed by atoms with E-state index in [1.807, 2.05) is 91.0 Å². The standard InChI is InChI=1S/C35H34Br2N2O6/c1-42-30-17-10-24(20-31(30)43-2)22-38-34(41)35(21-23-8-13-26(36)14-9-23)32(28-6-3-4-7-29(28)37)45-33(39-35)25-11-15-27(16-12-25)44-19-5-18-40/h3-4,6-17,20,32,40H,5,18-19,21-22H2,1-2H3,(H,38,41)/t32-,35-/m1/s1. The Labute approximate surface area is 279 Å². The number of ether oxygens (including phenoxy) is 4. The minimum absolute atomic E-state index is 0.0632. The van der Waals surface area contributed by atoms with Crippen molar-refractivity contribution in [2.24, 2.45) is 4.99 Å². The summed E-state index contributed by atoms with van der Waals surface area (Å²) in [7, 11) is 3.16. The van der Waals surface area contributed by atoms with Crippen LogP contribution in [0.5, 0.6) is 17.2 Å². The highest BCUT2D eigenvalue weighted by atomic mass is 79.9. The van der Waals surface area contributed by atoms with Crippen molar-refractivity contribution in [3.8, 4) is 17.2 Å². The zero-order chi connectivity index (χ0) is 31.8. The summed E-state index contributed by atoms with van der Waals surface area (Å²) < 4.78 is 25.0. The number of aliphatic hydroxyl groups excluding tert-OH is 1. The number of carbonyl (C=O) groups is 1. The largest absolute Gasteiger partial charge is 0.494 e. The van der Waals surface area contributed by atoms with Crippen molar-refractivity contribution < 1.29 is 28.8 Å². The van der Waals surface area contributed by atoms with E-state index in [1.54, 1.807) is 14.2 Å². The van der Waals surface area contributed by atoms with E-state index in [0.29, 0.717) is 41.7 Å². The molecule has 0 saturated heterocycles. The summed E-state index contributed by atoms with van der Waals surface area (Å²) >= 11 is 7.21. The molecule has 0 bridgehead atoms. The van der Waals surface area contributed by atoms with E-state index in [-0.39, 0.29) is 25.5 Å². The second kappa shape index (κ2) is 14.9. The van der Waals surface area contributed by atoms with Gasteiger partial charge in [0, 0.05) is 46.1 Å². The van der Waals surface area contributed by atoms with Gasteiger partial charge in [-0.1, -0.05) is 68.3 Å². The fourth-order valence-corrected chi connectivity index (χ4v) is 5.94. The molecule has 0 aromatic heterocycles. The van der Waals surface area contributed by atoms with Gasteiger partial charge in [-0.15, -0.1) is 0 Å². The number of nitrogens with zero attached hydrogens (tertiary/aromatic N) is 1. The molecule has 0 aliphatic carbocycles. The van der Waals surface area contributed by atoms with Crippen molar-refractivity contribution in [3.05, 3.63) is 122 Å². The van der Waals surface area contributed by atoms with Crippen molar-refractivity contribution >= 4 is 43.7 Å². The summed E-state index contributed by atoms with van der Waals surface area (Å²) in [5.74, 6) is 1.93. The summed E-state index contributed by atoms with van der Waals surface area (Å²) in [5.41, 5.74) is 1.94. The summed E-state index contributed by atoms with van der Waals surface area (Å²) in [5, 5.41) is 12.2. The van der Waals surface area contributed by atoms with Crippen LogP contribution >= 0.6 is 31.9 Å². The van der Waals surface area contributed by atoms with Crippen LogP contribution in [0.15, 0.2) is 105 Å². The highest BCUT2D eigenvalue weighted by Gasteiger charge is 2.53. The second-order valence-electron chi connectivity index (χ2n) is 10.5. The maximum absolute atomic E-state index is 14.5. The molecule has 5 rings (SSSR count). The van der Waals surface area contributed by atoms with Crippen LogP contribution in [0.25, 0.3) is 0 Å². The molecule has 1 amide bonds. The zero-order valence-corrected chi connectivity index (χ0v) is 28.1. The topological polar surface area (TPSA) is 98.6 Å². The molecule has 0 spiro atoms. The molecule has 0 fully saturated rings. The van der Waals surface area contributed by atoms with Gasteiger partial charge in [0.2, 0.25) is 5.90 Å². The quantitative estimate of drug-likeness (QED) is 0.147. The van der Waals surface area contributed by atoms with Crippen LogP contribution < -0.4 is 19.5 Å². The number of halogens is 2. The van der Waals surface area contributed by atoms with Gasteiger partial charge in [-0.05, 0) is 65.7 Å². The summed E-state index contributed by atoms with van der Waals surface area (Å²) in [4.78, 5) is 19.7. The highest BCUT2D eigenvalue weighted by molar-refractivity contribution is 9.10. The molecule has 0 radical (unpaired) electrons. The van der Waals surface area contributed by atoms with Crippen LogP contribution in [-0.4, -0.2) is 49.9 Å². The highest BCUT2D eigenvalue weighted by Crippen LogP contribution is 2.44. The van der Waals surface area contributed by atoms with Crippen molar-refractivity contribution in [1.82, 2.24) is 5.32 Å². The number of amides is 1. The molecule has 8 nitrogen and oxygen atoms in total. The predicted octanol–water partition coefficient (Wildman–Crippen LogP) is 6.81. The molecule has 1 aliphatic rings. The molecule has 1 aliphatic heterocycles. The van der Waals surface area contributed by atoms with Gasteiger partial charge >= 0.3 is 0 Å². The van der Waals surface area contributed by atoms with Crippen LogP contribution in [0.1, 0.15) is 34.8 Å². The van der Waals surface area contributed by atoms with Gasteiger partial charge in [0.15, 0.2) is 23.1 Å². The van der Waals surface area contributed by atoms with E-state index >= 15 is 0 Å². The van der Waals surface area contributed by atoms with E-state index in [2.05, 4.69) is 37.2 Å². The molecule has 4 aromatic carbocycles. The Morgan fingerprint density at radius 1 is 0.933 bits per heavy atom. The van der Waals surface area contributed by atoms with Crippen LogP contribution in [0, 0.1) is 0 Å². The number of nitrogens with one attached hydrogen (secondary N) is 1. The minimum Gasteiger partial charge on any atom is -0.494 e. The number of benzene rings is 4. The summed E-state index contributed by atoms with van der Waals surface area (Å²) in [6, 6.07) is 28.5. The Bertz CT molecular complexity index is 1650. The first-order chi connectivity index (χ1) is 21.9. The van der Waals surface area contributed by atoms with Gasteiger partial charge in [0.1, 0.15) is 5.75 Å². The maximum Gasteiger partial charge on any atom is 0.252 e. The van der Waals surface area contributed by atoms with Crippen LogP contribution in [0.4, 0.5) is 0 Å². The van der Waals surface area contributed by atoms with Crippen molar-refractivity contribution in [1.29, 1.82) is 0 Å². The van der Waals surface area contributed by atoms with Gasteiger partial charge in [0.05, 0.1) is 20.8 Å². The lowest BCUT2D eigenvalue weighted by atomic mass is 9.82. The Hall–Kier alpha value is -3.86. The fraction of sp³-hybridized carbons (Fsp3) is 0.257. The number of hydrogen-bond donors (Lipinski definition) is 2. The van der Waals surface area contributed by atoms with Gasteiger partial charge in [-0.3, -0.25) is 4.79 Å². The molecule has 2 atom stereocenters. The third kappa shape index (κ3) is 7.52. The van der Waals surface area contributed by atoms with Crippen molar-refractivity contribution in [2.45, 2.75) is 31.0 Å². The Morgan fingerprint density at radius 2 is 1.64 bits per heavy atom. The Balaban J connectivity index is 1.55. The normalized spacial score (nSPS) is 17.3. The number of rotatable bonds is 13. The molecule has 1 heterocycles. The Morgan fingerprint density at radius 3 is 2.33 bits per heavy atom. The molecule has 10 heteroatoms. The lowest BCUT2D eigenvalue weighted by Gasteiger charge is -2.31. The van der Waals surface area contributed by atoms with Gasteiger partial charge in [-0.2, -0.15) is 0 Å². The van der Waals surface area contributed by atoms with Gasteiger partial charge in [0.25, 0.3) is 5.91 Å². The number of methoxy groups -OCH3 is 2. The fourth-order valence-electron chi connectivity index (χ4n) is 5.19. The first kappa shape index (κ1) is 32.5. The second-order valence-corrected chi connectivity index (χ2v) is 12.3. The van der Waals surface area contributed by atoms with Crippen LogP contribution in [0.3, 0.4) is 0 Å². The summed E-state index contributed by atoms with van der Waals surface area (Å²) in [6.07, 6.45) is 0.0931. The molecule has 2 N–H and O–H groups in total. The monoisotopic (exact) mass is 736 g/mol. The molecule has 234 valence electrons. The molecule has 45 heavy (non-hydrogen) atoms. The number of aliphatic imine (C=N–C) groups is 1. The molecule has 0 unspecified atom stereocenters. The first-order valence-electron chi connectivity index (χ1n) is 14.5. The smallest absolute Gasteiger partial charge is 0.252 e. The number of hydrogen-bond acceptors (Lipinski definition) is 7. The SMILES string of the molecule is COc1ccc(CNC(=O)[C@]2(Cc3ccc(Br)cc3)N=C(c3ccc(OCCCO)cc3)O[C@@H]2c2ccccc2Br)cc1OC. The van der Waals surface area contributed by atoms with Gasteiger partial charge < -0.3 is 29.4 Å². The number of aliphatic hydroxyl groups is 1. The average molecular weight is 738 g/mol. The van der Waals surface area contributed by atoms with E-state index in [1.165, 1.54) is 0 Å². The molecule has 0 saturated carbocycles. The zero-order valence-electron chi connectivity index (χ0n) is 25.0. The van der Waals surface area contributed by atoms with Crippen LogP contribution in [-0.2, 0) is 22.5 Å². The predicted molar refractivity (Wildman–Crippen MR) is 180 cm³/mol. The molecule has 4 aromatic rings. The third-order valence-corrected chi connectivity index (χ3v) is 8.76.